The summed E-state index contributed by atoms with van der Waals surface area (Å²) in [5, 5.41) is 10.6. The van der Waals surface area contributed by atoms with E-state index in [9.17, 15) is 9.90 Å². The lowest BCUT2D eigenvalue weighted by Gasteiger charge is -2.29. The van der Waals surface area contributed by atoms with Crippen LogP contribution in [-0.4, -0.2) is 46.7 Å². The summed E-state index contributed by atoms with van der Waals surface area (Å²) in [5.74, 6) is -0.243. The van der Waals surface area contributed by atoms with Gasteiger partial charge in [-0.05, 0) is 67.9 Å². The lowest BCUT2D eigenvalue weighted by molar-refractivity contribution is 0.0303. The molecule has 0 amide bonds. The van der Waals surface area contributed by atoms with Crippen molar-refractivity contribution in [3.63, 3.8) is 0 Å². The van der Waals surface area contributed by atoms with Crippen molar-refractivity contribution in [2.45, 2.75) is 51.2 Å². The van der Waals surface area contributed by atoms with E-state index in [0.717, 1.165) is 73.9 Å². The maximum atomic E-state index is 13.2. The number of fused-ring (bicyclic) bond motifs is 2. The Morgan fingerprint density at radius 3 is 2.81 bits per heavy atom. The number of rotatable bonds is 5. The van der Waals surface area contributed by atoms with Crippen molar-refractivity contribution >= 4 is 16.9 Å². The van der Waals surface area contributed by atoms with Crippen molar-refractivity contribution in [3.05, 3.63) is 70.4 Å². The van der Waals surface area contributed by atoms with E-state index >= 15 is 0 Å². The van der Waals surface area contributed by atoms with Crippen LogP contribution in [0.1, 0.15) is 58.1 Å². The number of aliphatic hydroxyl groups excluding tert-OH is 1. The molecule has 2 aliphatic rings. The summed E-state index contributed by atoms with van der Waals surface area (Å²) < 4.78 is 5.99. The highest BCUT2D eigenvalue weighted by molar-refractivity contribution is 6.05. The molecule has 5 heteroatoms. The molecule has 0 saturated carbocycles. The number of aromatic amines is 1. The van der Waals surface area contributed by atoms with Crippen LogP contribution >= 0.6 is 0 Å². The summed E-state index contributed by atoms with van der Waals surface area (Å²) in [6.07, 6.45) is 4.15. The number of piperidine rings is 1. The lowest BCUT2D eigenvalue weighted by Crippen LogP contribution is -2.37. The molecule has 1 unspecified atom stereocenters. The van der Waals surface area contributed by atoms with Gasteiger partial charge in [-0.3, -0.25) is 0 Å². The van der Waals surface area contributed by atoms with Crippen molar-refractivity contribution < 1.29 is 14.6 Å². The predicted octanol–water partition coefficient (Wildman–Crippen LogP) is 4.32. The number of aliphatic hydroxyl groups is 1. The van der Waals surface area contributed by atoms with Gasteiger partial charge < -0.3 is 19.7 Å². The van der Waals surface area contributed by atoms with Crippen LogP contribution in [0, 0.1) is 6.92 Å². The molecular weight excluding hydrogens is 388 g/mol. The third-order valence-corrected chi connectivity index (χ3v) is 6.86. The van der Waals surface area contributed by atoms with Gasteiger partial charge in [-0.1, -0.05) is 30.3 Å². The molecule has 3 aromatic rings. The molecule has 1 saturated heterocycles. The van der Waals surface area contributed by atoms with Crippen LogP contribution in [0.3, 0.4) is 0 Å². The first-order chi connectivity index (χ1) is 15.1. The minimum atomic E-state index is -0.243. The van der Waals surface area contributed by atoms with E-state index in [-0.39, 0.29) is 18.2 Å². The number of hydrogen-bond acceptors (Lipinski definition) is 4. The molecule has 1 aromatic heterocycles. The van der Waals surface area contributed by atoms with Gasteiger partial charge in [-0.25, -0.2) is 4.79 Å². The maximum Gasteiger partial charge on any atom is 0.341 e. The van der Waals surface area contributed by atoms with E-state index in [1.807, 2.05) is 19.1 Å². The standard InChI is InChI=1S/C26H30N2O3/c1-17-25(26(30)31-24-9-7-19-4-2-3-5-21(19)24)22-16-18(6-8-23(22)27-17)10-13-28-14-11-20(29)12-15-28/h2-6,8,16,20,24,27,29H,7,9-15H2,1H3. The SMILES string of the molecule is Cc1[nH]c2ccc(CCN3CCC(O)CC3)cc2c1C(=O)OC1CCc2ccccc21. The molecule has 1 atom stereocenters. The van der Waals surface area contributed by atoms with Gasteiger partial charge in [-0.15, -0.1) is 0 Å². The second kappa shape index (κ2) is 8.48. The Morgan fingerprint density at radius 2 is 1.97 bits per heavy atom. The summed E-state index contributed by atoms with van der Waals surface area (Å²) in [6.45, 7) is 4.82. The molecule has 5 rings (SSSR count). The van der Waals surface area contributed by atoms with E-state index in [2.05, 4.69) is 40.2 Å². The number of aromatic nitrogens is 1. The summed E-state index contributed by atoms with van der Waals surface area (Å²) in [7, 11) is 0. The highest BCUT2D eigenvalue weighted by Crippen LogP contribution is 2.35. The number of nitrogens with one attached hydrogen (secondary N) is 1. The summed E-state index contributed by atoms with van der Waals surface area (Å²) in [5.41, 5.74) is 6.12. The van der Waals surface area contributed by atoms with Crippen molar-refractivity contribution in [1.82, 2.24) is 9.88 Å². The van der Waals surface area contributed by atoms with Crippen LogP contribution in [0.2, 0.25) is 0 Å². The van der Waals surface area contributed by atoms with Crippen LogP contribution in [-0.2, 0) is 17.6 Å². The molecule has 2 aromatic carbocycles. The van der Waals surface area contributed by atoms with Crippen molar-refractivity contribution in [3.8, 4) is 0 Å². The molecule has 2 N–H and O–H groups in total. The zero-order chi connectivity index (χ0) is 21.4. The first kappa shape index (κ1) is 20.3. The number of aryl methyl sites for hydroxylation is 2. The number of benzene rings is 2. The minimum Gasteiger partial charge on any atom is -0.454 e. The van der Waals surface area contributed by atoms with Gasteiger partial charge >= 0.3 is 5.97 Å². The Hall–Kier alpha value is -2.63. The normalized spacial score (nSPS) is 19.6. The fourth-order valence-electron chi connectivity index (χ4n) is 5.05. The number of esters is 1. The molecule has 5 nitrogen and oxygen atoms in total. The average Bonchev–Trinajstić information content (AvgIpc) is 3.33. The fraction of sp³-hybridized carbons (Fsp3) is 0.423. The quantitative estimate of drug-likeness (QED) is 0.606. The highest BCUT2D eigenvalue weighted by Gasteiger charge is 2.28. The maximum absolute atomic E-state index is 13.2. The fourth-order valence-corrected chi connectivity index (χ4v) is 5.05. The minimum absolute atomic E-state index is 0.143. The van der Waals surface area contributed by atoms with Crippen LogP contribution < -0.4 is 0 Å². The zero-order valence-electron chi connectivity index (χ0n) is 18.1. The van der Waals surface area contributed by atoms with E-state index in [1.54, 1.807) is 0 Å². The van der Waals surface area contributed by atoms with Gasteiger partial charge in [-0.2, -0.15) is 0 Å². The Morgan fingerprint density at radius 1 is 1.16 bits per heavy atom. The number of likely N-dealkylation sites (tertiary alicyclic amines) is 1. The average molecular weight is 419 g/mol. The first-order valence-corrected chi connectivity index (χ1v) is 11.4. The number of ether oxygens (including phenoxy) is 1. The van der Waals surface area contributed by atoms with Gasteiger partial charge in [0.2, 0.25) is 0 Å². The number of nitrogens with zero attached hydrogens (tertiary/aromatic N) is 1. The Labute approximate surface area is 183 Å². The molecule has 1 aliphatic carbocycles. The molecule has 2 heterocycles. The Bertz CT molecular complexity index is 1100. The van der Waals surface area contributed by atoms with Gasteiger partial charge in [0.15, 0.2) is 0 Å². The van der Waals surface area contributed by atoms with Crippen molar-refractivity contribution in [2.75, 3.05) is 19.6 Å². The van der Waals surface area contributed by atoms with Gasteiger partial charge in [0.1, 0.15) is 6.10 Å². The van der Waals surface area contributed by atoms with Crippen LogP contribution in [0.5, 0.6) is 0 Å². The van der Waals surface area contributed by atoms with E-state index in [0.29, 0.717) is 5.56 Å². The molecule has 0 radical (unpaired) electrons. The monoisotopic (exact) mass is 418 g/mol. The molecule has 1 fully saturated rings. The van der Waals surface area contributed by atoms with E-state index in [4.69, 9.17) is 4.74 Å². The number of hydrogen-bond donors (Lipinski definition) is 2. The highest BCUT2D eigenvalue weighted by atomic mass is 16.5. The molecule has 162 valence electrons. The smallest absolute Gasteiger partial charge is 0.341 e. The summed E-state index contributed by atoms with van der Waals surface area (Å²) in [4.78, 5) is 18.9. The predicted molar refractivity (Wildman–Crippen MR) is 121 cm³/mol. The zero-order valence-corrected chi connectivity index (χ0v) is 18.1. The van der Waals surface area contributed by atoms with Crippen molar-refractivity contribution in [1.29, 1.82) is 0 Å². The molecule has 1 aliphatic heterocycles. The van der Waals surface area contributed by atoms with Crippen LogP contribution in [0.25, 0.3) is 10.9 Å². The Balaban J connectivity index is 1.33. The number of carbonyl (C=O) groups is 1. The lowest BCUT2D eigenvalue weighted by atomic mass is 10.0. The third-order valence-electron chi connectivity index (χ3n) is 6.86. The summed E-state index contributed by atoms with van der Waals surface area (Å²) >= 11 is 0. The molecule has 0 bridgehead atoms. The van der Waals surface area contributed by atoms with Gasteiger partial charge in [0.25, 0.3) is 0 Å². The van der Waals surface area contributed by atoms with Gasteiger partial charge in [0, 0.05) is 36.2 Å². The second-order valence-corrected chi connectivity index (χ2v) is 8.96. The van der Waals surface area contributed by atoms with E-state index < -0.39 is 0 Å². The second-order valence-electron chi connectivity index (χ2n) is 8.96. The molecule has 31 heavy (non-hydrogen) atoms. The van der Waals surface area contributed by atoms with Gasteiger partial charge in [0.05, 0.1) is 11.7 Å². The van der Waals surface area contributed by atoms with E-state index in [1.165, 1.54) is 11.1 Å². The molecular formula is C26H30N2O3. The topological polar surface area (TPSA) is 65.6 Å². The van der Waals surface area contributed by atoms with Crippen molar-refractivity contribution in [2.24, 2.45) is 0 Å². The molecule has 0 spiro atoms. The number of carbonyl (C=O) groups excluding carboxylic acids is 1. The first-order valence-electron chi connectivity index (χ1n) is 11.4. The largest absolute Gasteiger partial charge is 0.454 e. The van der Waals surface area contributed by atoms with Crippen LogP contribution in [0.15, 0.2) is 42.5 Å². The Kier molecular flexibility index (Phi) is 5.55. The third kappa shape index (κ3) is 4.12. The van der Waals surface area contributed by atoms with Crippen LogP contribution in [0.4, 0.5) is 0 Å². The summed E-state index contributed by atoms with van der Waals surface area (Å²) in [6, 6.07) is 14.6. The number of H-pyrrole nitrogens is 1.